The van der Waals surface area contributed by atoms with E-state index in [1.807, 2.05) is 12.1 Å². The Morgan fingerprint density at radius 2 is 1.90 bits per heavy atom. The van der Waals surface area contributed by atoms with E-state index in [1.54, 1.807) is 12.1 Å². The lowest BCUT2D eigenvalue weighted by molar-refractivity contribution is 0.265. The van der Waals surface area contributed by atoms with Crippen LogP contribution in [-0.4, -0.2) is 47.2 Å². The topological polar surface area (TPSA) is 110 Å². The molecule has 2 N–H and O–H groups in total. The quantitative estimate of drug-likeness (QED) is 0.598. The van der Waals surface area contributed by atoms with Crippen LogP contribution in [0.4, 0.5) is 5.82 Å². The van der Waals surface area contributed by atoms with E-state index < -0.39 is 10.8 Å². The number of aromatic nitrogens is 4. The molecule has 8 nitrogen and oxygen atoms in total. The second-order valence-corrected chi connectivity index (χ2v) is 9.29. The van der Waals surface area contributed by atoms with Gasteiger partial charge in [0.2, 0.25) is 0 Å². The van der Waals surface area contributed by atoms with Crippen LogP contribution >= 0.6 is 11.6 Å². The zero-order valence-corrected chi connectivity index (χ0v) is 17.4. The number of halogens is 1. The number of rotatable bonds is 6. The maximum atomic E-state index is 12.5. The van der Waals surface area contributed by atoms with Gasteiger partial charge in [0, 0.05) is 17.7 Å². The van der Waals surface area contributed by atoms with Gasteiger partial charge in [-0.25, -0.2) is 19.9 Å². The molecule has 0 unspecified atom stereocenters. The van der Waals surface area contributed by atoms with Gasteiger partial charge >= 0.3 is 6.01 Å². The molecule has 0 bridgehead atoms. The van der Waals surface area contributed by atoms with Crippen molar-refractivity contribution >= 4 is 28.2 Å². The average molecular weight is 444 g/mol. The maximum Gasteiger partial charge on any atom is 0.321 e. The molecule has 2 aliphatic rings. The van der Waals surface area contributed by atoms with E-state index in [-0.39, 0.29) is 18.2 Å². The monoisotopic (exact) mass is 443 g/mol. The molecule has 154 valence electrons. The highest BCUT2D eigenvalue weighted by Gasteiger charge is 2.43. The summed E-state index contributed by atoms with van der Waals surface area (Å²) in [5.41, 5.74) is 1.24. The van der Waals surface area contributed by atoms with E-state index in [4.69, 9.17) is 16.3 Å². The molecule has 1 aliphatic heterocycles. The van der Waals surface area contributed by atoms with Gasteiger partial charge in [0.15, 0.2) is 5.82 Å². The second-order valence-electron chi connectivity index (χ2n) is 7.35. The minimum atomic E-state index is -1.12. The number of hydrogen-bond acceptors (Lipinski definition) is 8. The second kappa shape index (κ2) is 7.57. The van der Waals surface area contributed by atoms with Crippen molar-refractivity contribution in [2.24, 2.45) is 0 Å². The standard InChI is InChI=1S/C20H18ClN5O3S/c21-13-9-22-19(23-10-13)29-14-3-1-12(2-4-14)17-24-15-5-8-30(28)16(15)18(25-17)26-20(11-27)6-7-20/h1-4,9-10,27H,5-8,11H2,(H,24,25,26)/t30-/m0/s1. The number of aliphatic hydroxyl groups is 1. The zero-order chi connectivity index (χ0) is 20.7. The molecular formula is C20H18ClN5O3S. The maximum absolute atomic E-state index is 12.5. The first-order valence-corrected chi connectivity index (χ1v) is 11.2. The summed E-state index contributed by atoms with van der Waals surface area (Å²) in [4.78, 5) is 18.0. The highest BCUT2D eigenvalue weighted by molar-refractivity contribution is 7.85. The molecule has 0 spiro atoms. The number of nitrogens with one attached hydrogen (secondary N) is 1. The van der Waals surface area contributed by atoms with Crippen LogP contribution in [0.25, 0.3) is 11.4 Å². The highest BCUT2D eigenvalue weighted by atomic mass is 35.5. The van der Waals surface area contributed by atoms with E-state index in [0.29, 0.717) is 39.5 Å². The van der Waals surface area contributed by atoms with Crippen molar-refractivity contribution in [3.63, 3.8) is 0 Å². The molecule has 0 saturated heterocycles. The summed E-state index contributed by atoms with van der Waals surface area (Å²) < 4.78 is 18.1. The largest absolute Gasteiger partial charge is 0.424 e. The summed E-state index contributed by atoms with van der Waals surface area (Å²) >= 11 is 5.79. The minimum Gasteiger partial charge on any atom is -0.424 e. The third-order valence-electron chi connectivity index (χ3n) is 5.15. The molecule has 0 radical (unpaired) electrons. The number of nitrogens with zero attached hydrogens (tertiary/aromatic N) is 4. The Morgan fingerprint density at radius 1 is 1.17 bits per heavy atom. The van der Waals surface area contributed by atoms with Crippen molar-refractivity contribution in [2.75, 3.05) is 17.7 Å². The van der Waals surface area contributed by atoms with Crippen LogP contribution in [-0.2, 0) is 17.2 Å². The summed E-state index contributed by atoms with van der Waals surface area (Å²) in [6.45, 7) is 0.0204. The molecule has 1 atom stereocenters. The Hall–Kier alpha value is -2.62. The molecule has 2 aromatic heterocycles. The normalized spacial score (nSPS) is 18.7. The van der Waals surface area contributed by atoms with Crippen molar-refractivity contribution in [1.29, 1.82) is 0 Å². The van der Waals surface area contributed by atoms with Crippen LogP contribution in [0.1, 0.15) is 18.5 Å². The fourth-order valence-electron chi connectivity index (χ4n) is 3.27. The first-order valence-electron chi connectivity index (χ1n) is 9.49. The molecule has 1 fully saturated rings. The lowest BCUT2D eigenvalue weighted by Crippen LogP contribution is -2.27. The molecule has 0 amide bonds. The smallest absolute Gasteiger partial charge is 0.321 e. The lowest BCUT2D eigenvalue weighted by atomic mass is 10.2. The number of benzene rings is 1. The molecule has 3 heterocycles. The van der Waals surface area contributed by atoms with Crippen LogP contribution in [0, 0.1) is 0 Å². The number of ether oxygens (including phenoxy) is 1. The fourth-order valence-corrected chi connectivity index (χ4v) is 4.67. The van der Waals surface area contributed by atoms with Crippen molar-refractivity contribution in [3.05, 3.63) is 47.4 Å². The van der Waals surface area contributed by atoms with Crippen molar-refractivity contribution in [1.82, 2.24) is 19.9 Å². The summed E-state index contributed by atoms with van der Waals surface area (Å²) in [6.07, 6.45) is 5.31. The lowest BCUT2D eigenvalue weighted by Gasteiger charge is -2.18. The van der Waals surface area contributed by atoms with Crippen LogP contribution in [0.2, 0.25) is 5.02 Å². The number of hydrogen-bond donors (Lipinski definition) is 2. The molecule has 10 heteroatoms. The van der Waals surface area contributed by atoms with Gasteiger partial charge in [0.25, 0.3) is 0 Å². The number of anilines is 1. The predicted octanol–water partition coefficient (Wildman–Crippen LogP) is 2.98. The van der Waals surface area contributed by atoms with E-state index in [1.165, 1.54) is 12.4 Å². The first kappa shape index (κ1) is 19.3. The van der Waals surface area contributed by atoms with E-state index in [2.05, 4.69) is 25.3 Å². The van der Waals surface area contributed by atoms with Gasteiger partial charge in [-0.1, -0.05) is 11.6 Å². The van der Waals surface area contributed by atoms with E-state index >= 15 is 0 Å². The first-order chi connectivity index (χ1) is 14.5. The molecule has 3 aromatic rings. The molecule has 1 saturated carbocycles. The Balaban J connectivity index is 1.43. The van der Waals surface area contributed by atoms with Crippen LogP contribution in [0.15, 0.2) is 41.6 Å². The molecule has 1 aromatic carbocycles. The number of fused-ring (bicyclic) bond motifs is 1. The Bertz CT molecular complexity index is 1120. The van der Waals surface area contributed by atoms with E-state index in [9.17, 15) is 9.32 Å². The Labute approximate surface area is 180 Å². The van der Waals surface area contributed by atoms with Gasteiger partial charge in [-0.3, -0.25) is 4.21 Å². The van der Waals surface area contributed by atoms with Crippen molar-refractivity contribution in [2.45, 2.75) is 29.7 Å². The summed E-state index contributed by atoms with van der Waals surface area (Å²) in [5.74, 6) is 2.21. The number of aliphatic hydroxyl groups excluding tert-OH is 1. The SMILES string of the molecule is O=[S@]1CCc2nc(-c3ccc(Oc4ncc(Cl)cn4)cc3)nc(NC3(CO)CC3)c21. The van der Waals surface area contributed by atoms with Gasteiger partial charge in [-0.2, -0.15) is 0 Å². The number of aryl methyl sites for hydroxylation is 1. The van der Waals surface area contributed by atoms with Crippen molar-refractivity contribution in [3.8, 4) is 23.1 Å². The minimum absolute atomic E-state index is 0.0204. The van der Waals surface area contributed by atoms with E-state index in [0.717, 1.165) is 24.1 Å². The summed E-state index contributed by atoms with van der Waals surface area (Å²) in [5, 5.41) is 13.4. The van der Waals surface area contributed by atoms with Gasteiger partial charge in [0.05, 0.1) is 46.1 Å². The third-order valence-corrected chi connectivity index (χ3v) is 6.80. The molecule has 30 heavy (non-hydrogen) atoms. The summed E-state index contributed by atoms with van der Waals surface area (Å²) in [7, 11) is -1.12. The third kappa shape index (κ3) is 3.76. The molecule has 5 rings (SSSR count). The van der Waals surface area contributed by atoms with Crippen LogP contribution in [0.5, 0.6) is 11.8 Å². The van der Waals surface area contributed by atoms with Gasteiger partial charge < -0.3 is 15.2 Å². The van der Waals surface area contributed by atoms with Gasteiger partial charge in [0.1, 0.15) is 16.5 Å². The summed E-state index contributed by atoms with van der Waals surface area (Å²) in [6, 6.07) is 7.47. The highest BCUT2D eigenvalue weighted by Crippen LogP contribution is 2.41. The van der Waals surface area contributed by atoms with Gasteiger partial charge in [-0.05, 0) is 37.1 Å². The molecule has 1 aliphatic carbocycles. The average Bonchev–Trinajstić information content (AvgIpc) is 3.44. The van der Waals surface area contributed by atoms with Crippen molar-refractivity contribution < 1.29 is 14.1 Å². The molecular weight excluding hydrogens is 426 g/mol. The zero-order valence-electron chi connectivity index (χ0n) is 15.8. The fraction of sp³-hybridized carbons (Fsp3) is 0.300. The predicted molar refractivity (Wildman–Crippen MR) is 112 cm³/mol. The Kier molecular flexibility index (Phi) is 4.88. The van der Waals surface area contributed by atoms with Gasteiger partial charge in [-0.15, -0.1) is 0 Å². The van der Waals surface area contributed by atoms with Crippen LogP contribution in [0.3, 0.4) is 0 Å². The Morgan fingerprint density at radius 3 is 2.57 bits per heavy atom. The van der Waals surface area contributed by atoms with Crippen LogP contribution < -0.4 is 10.1 Å².